The number of benzene rings is 3. The topological polar surface area (TPSA) is 47.6 Å². The van der Waals surface area contributed by atoms with E-state index >= 15 is 0 Å². The first-order valence-corrected chi connectivity index (χ1v) is 10.2. The largest absolute Gasteiger partial charge is 0.493 e. The van der Waals surface area contributed by atoms with Gasteiger partial charge in [0.2, 0.25) is 0 Å². The van der Waals surface area contributed by atoms with Gasteiger partial charge in [-0.25, -0.2) is 0 Å². The van der Waals surface area contributed by atoms with E-state index in [-0.39, 0.29) is 11.3 Å². The smallest absolute Gasteiger partial charge is 0.255 e. The molecule has 0 aliphatic heterocycles. The molecule has 0 saturated heterocycles. The summed E-state index contributed by atoms with van der Waals surface area (Å²) in [6, 6.07) is 22.9. The fraction of sp³-hybridized carbons (Fsp3) is 0.269. The summed E-state index contributed by atoms with van der Waals surface area (Å²) in [6.45, 7) is 9.28. The van der Waals surface area contributed by atoms with Crippen molar-refractivity contribution in [3.63, 3.8) is 0 Å². The molecular weight excluding hydrogens is 374 g/mol. The molecule has 1 amide bonds. The Labute approximate surface area is 178 Å². The number of nitrogens with one attached hydrogen (secondary N) is 1. The molecule has 0 bridgehead atoms. The van der Waals surface area contributed by atoms with E-state index < -0.39 is 0 Å². The number of hydrogen-bond donors (Lipinski definition) is 1. The third kappa shape index (κ3) is 5.41. The second kappa shape index (κ2) is 9.49. The highest BCUT2D eigenvalue weighted by Crippen LogP contribution is 2.32. The fourth-order valence-corrected chi connectivity index (χ4v) is 3.22. The molecule has 0 aliphatic carbocycles. The Morgan fingerprint density at radius 1 is 0.867 bits per heavy atom. The summed E-state index contributed by atoms with van der Waals surface area (Å²) in [7, 11) is 0. The number of amides is 1. The van der Waals surface area contributed by atoms with E-state index in [0.717, 1.165) is 28.3 Å². The third-order valence-electron chi connectivity index (χ3n) is 4.73. The van der Waals surface area contributed by atoms with Gasteiger partial charge in [-0.05, 0) is 54.3 Å². The molecule has 4 heteroatoms. The van der Waals surface area contributed by atoms with Crippen LogP contribution in [0.25, 0.3) is 0 Å². The number of anilines is 1. The van der Waals surface area contributed by atoms with Crippen LogP contribution in [-0.4, -0.2) is 12.5 Å². The molecule has 0 atom stereocenters. The van der Waals surface area contributed by atoms with E-state index in [4.69, 9.17) is 9.47 Å². The van der Waals surface area contributed by atoms with Gasteiger partial charge >= 0.3 is 0 Å². The third-order valence-corrected chi connectivity index (χ3v) is 4.73. The number of carbonyl (C=O) groups is 1. The van der Waals surface area contributed by atoms with Crippen LogP contribution in [0.4, 0.5) is 5.69 Å². The standard InChI is InChI=1S/C26H29NO3/c1-5-29-23-16-15-19(25(28)27-21-11-7-6-8-12-21)17-20(23)18-30-24-14-10-9-13-22(24)26(2,3)4/h6-17H,5,18H2,1-4H3,(H,27,28). The summed E-state index contributed by atoms with van der Waals surface area (Å²) in [5, 5.41) is 2.92. The minimum Gasteiger partial charge on any atom is -0.493 e. The average molecular weight is 404 g/mol. The normalized spacial score (nSPS) is 11.1. The summed E-state index contributed by atoms with van der Waals surface area (Å²) in [5.74, 6) is 1.40. The molecule has 3 aromatic rings. The Morgan fingerprint density at radius 3 is 2.27 bits per heavy atom. The Hall–Kier alpha value is -3.27. The predicted molar refractivity (Wildman–Crippen MR) is 121 cm³/mol. The molecular formula is C26H29NO3. The fourth-order valence-electron chi connectivity index (χ4n) is 3.22. The lowest BCUT2D eigenvalue weighted by Gasteiger charge is -2.23. The summed E-state index contributed by atoms with van der Waals surface area (Å²) in [4.78, 5) is 12.7. The first kappa shape index (κ1) is 21.4. The van der Waals surface area contributed by atoms with Crippen molar-refractivity contribution >= 4 is 11.6 Å². The number of hydrogen-bond acceptors (Lipinski definition) is 3. The summed E-state index contributed by atoms with van der Waals surface area (Å²) < 4.78 is 11.9. The highest BCUT2D eigenvalue weighted by molar-refractivity contribution is 6.04. The van der Waals surface area contributed by atoms with Crippen molar-refractivity contribution < 1.29 is 14.3 Å². The van der Waals surface area contributed by atoms with Gasteiger partial charge in [-0.1, -0.05) is 57.2 Å². The molecule has 0 spiro atoms. The zero-order valence-electron chi connectivity index (χ0n) is 18.1. The van der Waals surface area contributed by atoms with E-state index in [1.807, 2.05) is 67.6 Å². The maximum atomic E-state index is 12.7. The Kier molecular flexibility index (Phi) is 6.78. The molecule has 0 heterocycles. The Bertz CT molecular complexity index is 991. The molecule has 3 aromatic carbocycles. The molecule has 0 aliphatic rings. The molecule has 3 rings (SSSR count). The van der Waals surface area contributed by atoms with E-state index in [1.165, 1.54) is 0 Å². The number of para-hydroxylation sites is 2. The predicted octanol–water partition coefficient (Wildman–Crippen LogP) is 6.21. The van der Waals surface area contributed by atoms with Crippen LogP contribution in [0.15, 0.2) is 72.8 Å². The van der Waals surface area contributed by atoms with Gasteiger partial charge in [-0.3, -0.25) is 4.79 Å². The van der Waals surface area contributed by atoms with E-state index in [0.29, 0.717) is 18.8 Å². The van der Waals surface area contributed by atoms with Crippen LogP contribution in [0, 0.1) is 0 Å². The molecule has 0 saturated carbocycles. The zero-order chi connectivity index (χ0) is 21.6. The van der Waals surface area contributed by atoms with Crippen molar-refractivity contribution in [3.8, 4) is 11.5 Å². The summed E-state index contributed by atoms with van der Waals surface area (Å²) >= 11 is 0. The van der Waals surface area contributed by atoms with E-state index in [9.17, 15) is 4.79 Å². The second-order valence-electron chi connectivity index (χ2n) is 8.11. The van der Waals surface area contributed by atoms with Crippen LogP contribution >= 0.6 is 0 Å². The van der Waals surface area contributed by atoms with Crippen LogP contribution in [-0.2, 0) is 12.0 Å². The lowest BCUT2D eigenvalue weighted by atomic mass is 9.86. The second-order valence-corrected chi connectivity index (χ2v) is 8.11. The van der Waals surface area contributed by atoms with Crippen molar-refractivity contribution in [3.05, 3.63) is 89.5 Å². The van der Waals surface area contributed by atoms with Gasteiger partial charge in [0.25, 0.3) is 5.91 Å². The van der Waals surface area contributed by atoms with Gasteiger partial charge in [0.1, 0.15) is 18.1 Å². The van der Waals surface area contributed by atoms with E-state index in [1.54, 1.807) is 6.07 Å². The van der Waals surface area contributed by atoms with Gasteiger partial charge < -0.3 is 14.8 Å². The molecule has 0 unspecified atom stereocenters. The Morgan fingerprint density at radius 2 is 1.57 bits per heavy atom. The van der Waals surface area contributed by atoms with Crippen molar-refractivity contribution in [2.24, 2.45) is 0 Å². The van der Waals surface area contributed by atoms with Crippen molar-refractivity contribution in [2.45, 2.75) is 39.7 Å². The summed E-state index contributed by atoms with van der Waals surface area (Å²) in [6.07, 6.45) is 0. The first-order chi connectivity index (χ1) is 14.4. The van der Waals surface area contributed by atoms with Gasteiger partial charge in [0.05, 0.1) is 6.61 Å². The van der Waals surface area contributed by atoms with Gasteiger partial charge in [0, 0.05) is 16.8 Å². The van der Waals surface area contributed by atoms with Crippen LogP contribution in [0.1, 0.15) is 49.2 Å². The zero-order valence-corrected chi connectivity index (χ0v) is 18.1. The van der Waals surface area contributed by atoms with Gasteiger partial charge in [0.15, 0.2) is 0 Å². The van der Waals surface area contributed by atoms with Gasteiger partial charge in [-0.15, -0.1) is 0 Å². The number of carbonyl (C=O) groups excluding carboxylic acids is 1. The van der Waals surface area contributed by atoms with Crippen LogP contribution in [0.3, 0.4) is 0 Å². The molecule has 0 aromatic heterocycles. The number of rotatable bonds is 7. The molecule has 156 valence electrons. The Balaban J connectivity index is 1.83. The van der Waals surface area contributed by atoms with Crippen LogP contribution in [0.2, 0.25) is 0 Å². The lowest BCUT2D eigenvalue weighted by Crippen LogP contribution is -2.14. The minimum atomic E-state index is -0.166. The highest BCUT2D eigenvalue weighted by atomic mass is 16.5. The van der Waals surface area contributed by atoms with Gasteiger partial charge in [-0.2, -0.15) is 0 Å². The molecule has 30 heavy (non-hydrogen) atoms. The summed E-state index contributed by atoms with van der Waals surface area (Å²) in [5.41, 5.74) is 3.26. The lowest BCUT2D eigenvalue weighted by molar-refractivity contribution is 0.102. The molecule has 0 fully saturated rings. The minimum absolute atomic E-state index is 0.0310. The van der Waals surface area contributed by atoms with Crippen molar-refractivity contribution in [2.75, 3.05) is 11.9 Å². The monoisotopic (exact) mass is 403 g/mol. The maximum absolute atomic E-state index is 12.7. The first-order valence-electron chi connectivity index (χ1n) is 10.2. The molecule has 4 nitrogen and oxygen atoms in total. The van der Waals surface area contributed by atoms with Crippen LogP contribution in [0.5, 0.6) is 11.5 Å². The highest BCUT2D eigenvalue weighted by Gasteiger charge is 2.19. The van der Waals surface area contributed by atoms with E-state index in [2.05, 4.69) is 32.2 Å². The van der Waals surface area contributed by atoms with Crippen LogP contribution < -0.4 is 14.8 Å². The molecule has 0 radical (unpaired) electrons. The van der Waals surface area contributed by atoms with Crippen molar-refractivity contribution in [1.82, 2.24) is 0 Å². The SMILES string of the molecule is CCOc1ccc(C(=O)Nc2ccccc2)cc1COc1ccccc1C(C)(C)C. The quantitative estimate of drug-likeness (QED) is 0.510. The molecule has 1 N–H and O–H groups in total. The average Bonchev–Trinajstić information content (AvgIpc) is 2.73. The number of ether oxygens (including phenoxy) is 2. The van der Waals surface area contributed by atoms with Crippen molar-refractivity contribution in [1.29, 1.82) is 0 Å². The maximum Gasteiger partial charge on any atom is 0.255 e.